The van der Waals surface area contributed by atoms with Crippen LogP contribution in [0.2, 0.25) is 0 Å². The summed E-state index contributed by atoms with van der Waals surface area (Å²) in [5.41, 5.74) is 3.60. The molecule has 0 bridgehead atoms. The van der Waals surface area contributed by atoms with Gasteiger partial charge >= 0.3 is 0 Å². The van der Waals surface area contributed by atoms with Gasteiger partial charge in [0.2, 0.25) is 0 Å². The van der Waals surface area contributed by atoms with E-state index in [1.807, 2.05) is 48.7 Å². The predicted octanol–water partition coefficient (Wildman–Crippen LogP) is 4.30. The first-order valence-corrected chi connectivity index (χ1v) is 10.9. The Morgan fingerprint density at radius 2 is 1.79 bits per heavy atom. The molecular weight excluding hydrogens is 370 g/mol. The quantitative estimate of drug-likeness (QED) is 0.698. The molecule has 146 valence electrons. The van der Waals surface area contributed by atoms with Crippen molar-refractivity contribution in [1.82, 2.24) is 4.90 Å². The minimum absolute atomic E-state index is 0.193. The van der Waals surface area contributed by atoms with E-state index in [4.69, 9.17) is 4.42 Å². The smallest absolute Gasteiger partial charge is 0.291 e. The van der Waals surface area contributed by atoms with Crippen molar-refractivity contribution >= 4 is 40.0 Å². The van der Waals surface area contributed by atoms with Crippen LogP contribution in [0.1, 0.15) is 16.1 Å². The summed E-state index contributed by atoms with van der Waals surface area (Å²) in [7, 11) is 2.14. The van der Waals surface area contributed by atoms with Crippen LogP contribution in [0.3, 0.4) is 0 Å². The minimum atomic E-state index is -0.193. The number of piperazine rings is 1. The Morgan fingerprint density at radius 1 is 1.07 bits per heavy atom. The molecule has 28 heavy (non-hydrogen) atoms. The zero-order chi connectivity index (χ0) is 19.5. The Bertz CT molecular complexity index is 977. The van der Waals surface area contributed by atoms with Gasteiger partial charge in [0.25, 0.3) is 5.91 Å². The molecule has 1 saturated heterocycles. The lowest BCUT2D eigenvalue weighted by atomic mass is 10.1. The number of benzene rings is 2. The molecule has 6 heteroatoms. The van der Waals surface area contributed by atoms with Gasteiger partial charge in [-0.3, -0.25) is 4.79 Å². The molecule has 0 spiro atoms. The van der Waals surface area contributed by atoms with E-state index in [1.54, 1.807) is 11.8 Å². The van der Waals surface area contributed by atoms with E-state index in [-0.39, 0.29) is 5.91 Å². The molecule has 1 N–H and O–H groups in total. The maximum absolute atomic E-state index is 13.1. The number of para-hydroxylation sites is 3. The molecule has 5 nitrogen and oxygen atoms in total. The van der Waals surface area contributed by atoms with Crippen molar-refractivity contribution in [3.8, 4) is 0 Å². The zero-order valence-corrected chi connectivity index (χ0v) is 17.1. The second kappa shape index (κ2) is 8.29. The van der Waals surface area contributed by atoms with Gasteiger partial charge in [0.15, 0.2) is 5.76 Å². The number of amides is 1. The molecule has 1 aliphatic heterocycles. The summed E-state index contributed by atoms with van der Waals surface area (Å²) in [6, 6.07) is 15.8. The van der Waals surface area contributed by atoms with Gasteiger partial charge in [0.1, 0.15) is 5.58 Å². The van der Waals surface area contributed by atoms with E-state index in [0.717, 1.165) is 59.8 Å². The molecule has 1 aromatic heterocycles. The van der Waals surface area contributed by atoms with Gasteiger partial charge in [-0.05, 0) is 31.5 Å². The second-order valence-corrected chi connectivity index (χ2v) is 7.97. The third-order valence-electron chi connectivity index (χ3n) is 5.19. The number of hydrogen-bond donors (Lipinski definition) is 1. The molecule has 3 aromatic rings. The third kappa shape index (κ3) is 3.75. The average molecular weight is 396 g/mol. The van der Waals surface area contributed by atoms with Gasteiger partial charge in [0, 0.05) is 42.9 Å². The number of fused-ring (bicyclic) bond motifs is 1. The Hall–Kier alpha value is -2.44. The summed E-state index contributed by atoms with van der Waals surface area (Å²) in [6.45, 7) is 3.94. The number of anilines is 2. The van der Waals surface area contributed by atoms with Gasteiger partial charge < -0.3 is 19.5 Å². The second-order valence-electron chi connectivity index (χ2n) is 7.10. The number of nitrogens with one attached hydrogen (secondary N) is 1. The number of hydrogen-bond acceptors (Lipinski definition) is 5. The molecule has 2 aromatic carbocycles. The van der Waals surface area contributed by atoms with E-state index < -0.39 is 0 Å². The number of carbonyl (C=O) groups excluding carboxylic acids is 1. The van der Waals surface area contributed by atoms with Gasteiger partial charge in [-0.15, -0.1) is 0 Å². The van der Waals surface area contributed by atoms with Crippen molar-refractivity contribution in [1.29, 1.82) is 0 Å². The normalized spacial score (nSPS) is 15.1. The van der Waals surface area contributed by atoms with E-state index in [9.17, 15) is 4.79 Å². The van der Waals surface area contributed by atoms with Crippen LogP contribution in [0.4, 0.5) is 11.4 Å². The Balaban J connectivity index is 1.63. The van der Waals surface area contributed by atoms with Crippen molar-refractivity contribution in [2.45, 2.75) is 5.75 Å². The number of rotatable bonds is 5. The van der Waals surface area contributed by atoms with E-state index in [0.29, 0.717) is 5.76 Å². The highest BCUT2D eigenvalue weighted by Crippen LogP contribution is 2.31. The molecule has 0 saturated carbocycles. The van der Waals surface area contributed by atoms with Crippen molar-refractivity contribution in [2.75, 3.05) is 49.7 Å². The summed E-state index contributed by atoms with van der Waals surface area (Å²) in [6.07, 6.45) is 2.03. The van der Waals surface area contributed by atoms with E-state index in [2.05, 4.69) is 28.2 Å². The van der Waals surface area contributed by atoms with Gasteiger partial charge in [0.05, 0.1) is 11.4 Å². The lowest BCUT2D eigenvalue weighted by Gasteiger charge is -2.35. The highest BCUT2D eigenvalue weighted by molar-refractivity contribution is 7.97. The van der Waals surface area contributed by atoms with Crippen LogP contribution in [0.15, 0.2) is 52.9 Å². The summed E-state index contributed by atoms with van der Waals surface area (Å²) >= 11 is 1.69. The lowest BCUT2D eigenvalue weighted by molar-refractivity contribution is 0.0998. The minimum Gasteiger partial charge on any atom is -0.451 e. The van der Waals surface area contributed by atoms with Gasteiger partial charge in [-0.1, -0.05) is 30.3 Å². The summed E-state index contributed by atoms with van der Waals surface area (Å²) < 4.78 is 5.94. The number of thioether (sulfide) groups is 1. The summed E-state index contributed by atoms with van der Waals surface area (Å²) in [4.78, 5) is 17.8. The maximum atomic E-state index is 13.1. The first-order chi connectivity index (χ1) is 13.7. The monoisotopic (exact) mass is 395 g/mol. The topological polar surface area (TPSA) is 48.7 Å². The Labute approximate surface area is 169 Å². The molecule has 1 amide bonds. The number of likely N-dealkylation sites (N-methyl/N-ethyl adjacent to an activating group) is 1. The van der Waals surface area contributed by atoms with Gasteiger partial charge in [-0.2, -0.15) is 11.8 Å². The lowest BCUT2D eigenvalue weighted by Crippen LogP contribution is -2.44. The largest absolute Gasteiger partial charge is 0.451 e. The number of furan rings is 1. The van der Waals surface area contributed by atoms with Crippen LogP contribution >= 0.6 is 11.8 Å². The number of carbonyl (C=O) groups is 1. The summed E-state index contributed by atoms with van der Waals surface area (Å²) in [5, 5.41) is 4.11. The van der Waals surface area contributed by atoms with Crippen molar-refractivity contribution < 1.29 is 9.21 Å². The Kier molecular flexibility index (Phi) is 5.59. The SMILES string of the molecule is CSCc1c(C(=O)Nc2ccccc2N2CCN(C)CC2)oc2ccccc12. The zero-order valence-electron chi connectivity index (χ0n) is 16.3. The van der Waals surface area contributed by atoms with Crippen LogP contribution in [0.25, 0.3) is 11.0 Å². The van der Waals surface area contributed by atoms with Crippen molar-refractivity contribution in [3.63, 3.8) is 0 Å². The average Bonchev–Trinajstić information content (AvgIpc) is 3.08. The predicted molar refractivity (Wildman–Crippen MR) is 118 cm³/mol. The molecule has 4 rings (SSSR count). The molecule has 1 aliphatic rings. The fourth-order valence-electron chi connectivity index (χ4n) is 3.65. The first-order valence-electron chi connectivity index (χ1n) is 9.50. The molecule has 1 fully saturated rings. The number of nitrogens with zero attached hydrogens (tertiary/aromatic N) is 2. The van der Waals surface area contributed by atoms with Crippen LogP contribution in [0, 0.1) is 0 Å². The van der Waals surface area contributed by atoms with E-state index >= 15 is 0 Å². The van der Waals surface area contributed by atoms with Crippen molar-refractivity contribution in [3.05, 3.63) is 59.9 Å². The third-order valence-corrected chi connectivity index (χ3v) is 5.77. The highest BCUT2D eigenvalue weighted by atomic mass is 32.2. The molecule has 0 unspecified atom stereocenters. The van der Waals surface area contributed by atoms with E-state index in [1.165, 1.54) is 0 Å². The Morgan fingerprint density at radius 3 is 2.57 bits per heavy atom. The van der Waals surface area contributed by atoms with Gasteiger partial charge in [-0.25, -0.2) is 0 Å². The molecule has 0 aliphatic carbocycles. The molecular formula is C22H25N3O2S. The molecule has 0 atom stereocenters. The molecule has 0 radical (unpaired) electrons. The van der Waals surface area contributed by atoms with Crippen LogP contribution < -0.4 is 10.2 Å². The van der Waals surface area contributed by atoms with Crippen LogP contribution in [0.5, 0.6) is 0 Å². The fourth-order valence-corrected chi connectivity index (χ4v) is 4.23. The first kappa shape index (κ1) is 18.9. The summed E-state index contributed by atoms with van der Waals surface area (Å²) in [5.74, 6) is 0.949. The molecule has 2 heterocycles. The van der Waals surface area contributed by atoms with Crippen LogP contribution in [-0.4, -0.2) is 50.3 Å². The maximum Gasteiger partial charge on any atom is 0.291 e. The standard InChI is InChI=1S/C22H25N3O2S/c1-24-11-13-25(14-12-24)19-9-5-4-8-18(19)23-22(26)21-17(15-28-2)16-7-3-6-10-20(16)27-21/h3-10H,11-15H2,1-2H3,(H,23,26). The van der Waals surface area contributed by atoms with Crippen LogP contribution in [-0.2, 0) is 5.75 Å². The highest BCUT2D eigenvalue weighted by Gasteiger charge is 2.22. The fraction of sp³-hybridized carbons (Fsp3) is 0.318. The van der Waals surface area contributed by atoms with Crippen molar-refractivity contribution in [2.24, 2.45) is 0 Å².